The summed E-state index contributed by atoms with van der Waals surface area (Å²) in [5.41, 5.74) is 0. The first kappa shape index (κ1) is 13.2. The molecule has 0 rings (SSSR count). The van der Waals surface area contributed by atoms with Gasteiger partial charge in [0, 0.05) is 13.1 Å². The highest BCUT2D eigenvalue weighted by molar-refractivity contribution is 5.72. The van der Waals surface area contributed by atoms with Crippen LogP contribution in [0.15, 0.2) is 0 Å². The Labute approximate surface area is 85.1 Å². The molecule has 0 radical (unpaired) electrons. The first-order valence-corrected chi connectivity index (χ1v) is 4.04. The fourth-order valence-electron chi connectivity index (χ4n) is 0.918. The molecule has 86 valence electrons. The zero-order chi connectivity index (χ0) is 11.8. The number of carboxylic acids is 2. The monoisotopic (exact) mass is 220 g/mol. The summed E-state index contributed by atoms with van der Waals surface area (Å²) in [6, 6.07) is 0. The van der Waals surface area contributed by atoms with Gasteiger partial charge in [0.05, 0.1) is 13.1 Å². The van der Waals surface area contributed by atoms with E-state index in [0.29, 0.717) is 0 Å². The average molecular weight is 220 g/mol. The van der Waals surface area contributed by atoms with Crippen LogP contribution in [-0.2, 0) is 9.59 Å². The van der Waals surface area contributed by atoms with Crippen LogP contribution < -0.4 is 5.32 Å². The number of nitrogens with one attached hydrogen (secondary N) is 1. The number of hydrogen-bond donors (Lipinski definition) is 4. The summed E-state index contributed by atoms with van der Waals surface area (Å²) in [4.78, 5) is 31.8. The van der Waals surface area contributed by atoms with Gasteiger partial charge in [0.1, 0.15) is 0 Å². The predicted molar refractivity (Wildman–Crippen MR) is 47.7 cm³/mol. The molecule has 0 aliphatic heterocycles. The van der Waals surface area contributed by atoms with Crippen LogP contribution >= 0.6 is 0 Å². The van der Waals surface area contributed by atoms with E-state index in [1.165, 1.54) is 0 Å². The van der Waals surface area contributed by atoms with Crippen LogP contribution in [0.1, 0.15) is 0 Å². The molecule has 0 fully saturated rings. The summed E-state index contributed by atoms with van der Waals surface area (Å²) in [6.45, 7) is -0.859. The lowest BCUT2D eigenvalue weighted by molar-refractivity contribution is -0.141. The summed E-state index contributed by atoms with van der Waals surface area (Å²) in [7, 11) is 0. The van der Waals surface area contributed by atoms with E-state index in [2.05, 4.69) is 0 Å². The third kappa shape index (κ3) is 8.50. The van der Waals surface area contributed by atoms with Crippen molar-refractivity contribution in [2.75, 3.05) is 26.2 Å². The van der Waals surface area contributed by atoms with E-state index < -0.39 is 31.1 Å². The Balaban J connectivity index is 3.94. The average Bonchev–Trinajstić information content (AvgIpc) is 2.00. The van der Waals surface area contributed by atoms with Crippen molar-refractivity contribution in [2.24, 2.45) is 0 Å². The summed E-state index contributed by atoms with van der Waals surface area (Å²) < 4.78 is 0. The van der Waals surface area contributed by atoms with E-state index >= 15 is 0 Å². The van der Waals surface area contributed by atoms with Gasteiger partial charge in [-0.05, 0) is 0 Å². The fourth-order valence-corrected chi connectivity index (χ4v) is 0.918. The van der Waals surface area contributed by atoms with E-state index in [-0.39, 0.29) is 13.1 Å². The molecular weight excluding hydrogens is 208 g/mol. The van der Waals surface area contributed by atoms with Gasteiger partial charge in [-0.1, -0.05) is 0 Å². The smallest absolute Gasteiger partial charge is 0.404 e. The van der Waals surface area contributed by atoms with Gasteiger partial charge in [-0.2, -0.15) is 0 Å². The van der Waals surface area contributed by atoms with Crippen molar-refractivity contribution < 1.29 is 29.7 Å². The van der Waals surface area contributed by atoms with Crippen LogP contribution in [0.5, 0.6) is 0 Å². The van der Waals surface area contributed by atoms with E-state index in [1.807, 2.05) is 5.32 Å². The second-order valence-corrected chi connectivity index (χ2v) is 2.73. The molecular formula is C7H12N2O6. The molecule has 0 aliphatic rings. The molecule has 1 amide bonds. The highest BCUT2D eigenvalue weighted by Gasteiger charge is 2.12. The molecule has 0 aromatic carbocycles. The lowest BCUT2D eigenvalue weighted by Crippen LogP contribution is -2.40. The highest BCUT2D eigenvalue weighted by atomic mass is 16.4. The minimum absolute atomic E-state index is 0.0180. The first-order valence-electron chi connectivity index (χ1n) is 4.04. The Morgan fingerprint density at radius 1 is 1.00 bits per heavy atom. The Morgan fingerprint density at radius 2 is 1.47 bits per heavy atom. The zero-order valence-corrected chi connectivity index (χ0v) is 7.84. The van der Waals surface area contributed by atoms with Crippen molar-refractivity contribution in [2.45, 2.75) is 0 Å². The van der Waals surface area contributed by atoms with Crippen molar-refractivity contribution in [3.8, 4) is 0 Å². The van der Waals surface area contributed by atoms with Gasteiger partial charge in [0.15, 0.2) is 0 Å². The number of aliphatic carboxylic acids is 2. The Kier molecular flexibility index (Phi) is 5.79. The largest absolute Gasteiger partial charge is 0.480 e. The van der Waals surface area contributed by atoms with Gasteiger partial charge in [-0.3, -0.25) is 14.5 Å². The van der Waals surface area contributed by atoms with Gasteiger partial charge < -0.3 is 20.6 Å². The summed E-state index contributed by atoms with van der Waals surface area (Å²) in [5, 5.41) is 27.1. The zero-order valence-electron chi connectivity index (χ0n) is 7.84. The molecule has 0 aromatic heterocycles. The lowest BCUT2D eigenvalue weighted by atomic mass is 10.4. The van der Waals surface area contributed by atoms with Crippen LogP contribution in [0.3, 0.4) is 0 Å². The summed E-state index contributed by atoms with van der Waals surface area (Å²) in [6.07, 6.45) is -1.24. The first-order chi connectivity index (χ1) is 6.91. The van der Waals surface area contributed by atoms with Crippen molar-refractivity contribution >= 4 is 18.0 Å². The van der Waals surface area contributed by atoms with E-state index in [9.17, 15) is 14.4 Å². The second-order valence-electron chi connectivity index (χ2n) is 2.73. The number of nitrogens with zero attached hydrogens (tertiary/aromatic N) is 1. The van der Waals surface area contributed by atoms with Gasteiger partial charge in [-0.25, -0.2) is 4.79 Å². The molecule has 0 aromatic rings. The number of carbonyl (C=O) groups is 3. The van der Waals surface area contributed by atoms with Crippen molar-refractivity contribution in [1.82, 2.24) is 10.2 Å². The number of amides is 1. The molecule has 0 unspecified atom stereocenters. The Hall–Kier alpha value is -1.83. The highest BCUT2D eigenvalue weighted by Crippen LogP contribution is 1.87. The topological polar surface area (TPSA) is 127 Å². The molecule has 0 heterocycles. The van der Waals surface area contributed by atoms with Crippen molar-refractivity contribution in [3.63, 3.8) is 0 Å². The number of hydrogen-bond acceptors (Lipinski definition) is 4. The second kappa shape index (κ2) is 6.60. The third-order valence-corrected chi connectivity index (χ3v) is 1.42. The molecule has 0 aliphatic carbocycles. The molecule has 15 heavy (non-hydrogen) atoms. The maximum absolute atomic E-state index is 10.3. The molecule has 0 spiro atoms. The normalized spacial score (nSPS) is 9.93. The predicted octanol–water partition coefficient (Wildman–Crippen LogP) is -1.27. The summed E-state index contributed by atoms with van der Waals surface area (Å²) in [5.74, 6) is -2.32. The molecule has 0 saturated carbocycles. The van der Waals surface area contributed by atoms with Crippen molar-refractivity contribution in [1.29, 1.82) is 0 Å². The quantitative estimate of drug-likeness (QED) is 0.421. The molecule has 8 nitrogen and oxygen atoms in total. The Morgan fingerprint density at radius 3 is 1.80 bits per heavy atom. The fraction of sp³-hybridized carbons (Fsp3) is 0.571. The van der Waals surface area contributed by atoms with Gasteiger partial charge in [-0.15, -0.1) is 0 Å². The minimum atomic E-state index is -1.24. The molecule has 0 bridgehead atoms. The van der Waals surface area contributed by atoms with Gasteiger partial charge in [0.2, 0.25) is 0 Å². The maximum atomic E-state index is 10.3. The summed E-state index contributed by atoms with van der Waals surface area (Å²) >= 11 is 0. The van der Waals surface area contributed by atoms with Crippen LogP contribution in [-0.4, -0.2) is 64.4 Å². The van der Waals surface area contributed by atoms with Crippen LogP contribution in [0.25, 0.3) is 0 Å². The van der Waals surface area contributed by atoms with Gasteiger partial charge in [0.25, 0.3) is 0 Å². The van der Waals surface area contributed by atoms with Crippen LogP contribution in [0.2, 0.25) is 0 Å². The van der Waals surface area contributed by atoms with E-state index in [1.54, 1.807) is 0 Å². The SMILES string of the molecule is O=C(O)CN(CCNC(=O)O)CC(=O)O. The van der Waals surface area contributed by atoms with Crippen LogP contribution in [0.4, 0.5) is 4.79 Å². The number of rotatable bonds is 7. The Bertz CT molecular complexity index is 238. The van der Waals surface area contributed by atoms with Crippen LogP contribution in [0, 0.1) is 0 Å². The molecule has 0 saturated heterocycles. The standard InChI is InChI=1S/C7H12N2O6/c10-5(11)3-9(4-6(12)13)2-1-8-7(14)15/h8H,1-4H2,(H,10,11)(H,12,13)(H,14,15). The molecule has 4 N–H and O–H groups in total. The van der Waals surface area contributed by atoms with E-state index in [0.717, 1.165) is 4.90 Å². The number of carboxylic acid groups (broad SMARTS) is 3. The molecule has 0 atom stereocenters. The lowest BCUT2D eigenvalue weighted by Gasteiger charge is -2.17. The minimum Gasteiger partial charge on any atom is -0.480 e. The third-order valence-electron chi connectivity index (χ3n) is 1.42. The molecule has 8 heteroatoms. The van der Waals surface area contributed by atoms with E-state index in [4.69, 9.17) is 15.3 Å². The van der Waals surface area contributed by atoms with Gasteiger partial charge >= 0.3 is 18.0 Å². The van der Waals surface area contributed by atoms with Crippen molar-refractivity contribution in [3.05, 3.63) is 0 Å². The maximum Gasteiger partial charge on any atom is 0.404 e.